The van der Waals surface area contributed by atoms with Gasteiger partial charge in [0.2, 0.25) is 6.79 Å². The van der Waals surface area contributed by atoms with Crippen LogP contribution in [0.25, 0.3) is 0 Å². The van der Waals surface area contributed by atoms with Crippen molar-refractivity contribution in [3.05, 3.63) is 65.7 Å². The lowest BCUT2D eigenvalue weighted by atomic mass is 10.0. The minimum Gasteiger partial charge on any atom is -0.456 e. The van der Waals surface area contributed by atoms with Crippen molar-refractivity contribution in [2.24, 2.45) is 5.92 Å². The molecule has 9 heteroatoms. The van der Waals surface area contributed by atoms with Gasteiger partial charge in [0.05, 0.1) is 12.0 Å². The van der Waals surface area contributed by atoms with Crippen molar-refractivity contribution >= 4 is 24.0 Å². The van der Waals surface area contributed by atoms with Crippen LogP contribution in [0.2, 0.25) is 0 Å². The molecule has 202 valence electrons. The Hall–Kier alpha value is -4.32. The van der Waals surface area contributed by atoms with Crippen LogP contribution in [-0.2, 0) is 35.0 Å². The minimum atomic E-state index is -1.00. The normalized spacial score (nSPS) is 11.4. The molecule has 0 bridgehead atoms. The van der Waals surface area contributed by atoms with Gasteiger partial charge in [-0.1, -0.05) is 62.2 Å². The van der Waals surface area contributed by atoms with Crippen molar-refractivity contribution in [1.82, 2.24) is 5.32 Å². The van der Waals surface area contributed by atoms with Gasteiger partial charge in [-0.3, -0.25) is 4.79 Å². The Morgan fingerprint density at radius 1 is 0.947 bits per heavy atom. The zero-order valence-electron chi connectivity index (χ0n) is 22.2. The summed E-state index contributed by atoms with van der Waals surface area (Å²) in [6.07, 6.45) is -0.443. The van der Waals surface area contributed by atoms with E-state index in [9.17, 15) is 19.2 Å². The highest BCUT2D eigenvalue weighted by Crippen LogP contribution is 2.17. The smallest absolute Gasteiger partial charge is 0.408 e. The Kier molecular flexibility index (Phi) is 11.4. The van der Waals surface area contributed by atoms with Crippen molar-refractivity contribution < 1.29 is 38.1 Å². The van der Waals surface area contributed by atoms with Crippen molar-refractivity contribution in [2.45, 2.75) is 59.1 Å². The largest absolute Gasteiger partial charge is 0.456 e. The van der Waals surface area contributed by atoms with Gasteiger partial charge in [0.15, 0.2) is 0 Å². The van der Waals surface area contributed by atoms with E-state index in [0.717, 1.165) is 0 Å². The first-order valence-electron chi connectivity index (χ1n) is 12.1. The van der Waals surface area contributed by atoms with Gasteiger partial charge in [-0.25, -0.2) is 14.4 Å². The third kappa shape index (κ3) is 11.6. The molecule has 9 nitrogen and oxygen atoms in total. The molecular weight excluding hydrogens is 490 g/mol. The van der Waals surface area contributed by atoms with Crippen LogP contribution in [0.1, 0.15) is 52.2 Å². The summed E-state index contributed by atoms with van der Waals surface area (Å²) in [4.78, 5) is 48.7. The molecule has 38 heavy (non-hydrogen) atoms. The van der Waals surface area contributed by atoms with Crippen LogP contribution in [0.5, 0.6) is 5.75 Å². The summed E-state index contributed by atoms with van der Waals surface area (Å²) in [6.45, 7) is 8.52. The summed E-state index contributed by atoms with van der Waals surface area (Å²) in [7, 11) is 0. The Morgan fingerprint density at radius 3 is 2.26 bits per heavy atom. The van der Waals surface area contributed by atoms with Crippen LogP contribution >= 0.6 is 0 Å². The summed E-state index contributed by atoms with van der Waals surface area (Å²) in [5.41, 5.74) is 0.316. The monoisotopic (exact) mass is 523 g/mol. The molecule has 0 spiro atoms. The molecule has 0 aliphatic heterocycles. The number of rotatable bonds is 9. The van der Waals surface area contributed by atoms with E-state index in [1.54, 1.807) is 69.3 Å². The third-order valence-electron chi connectivity index (χ3n) is 4.68. The Labute approximate surface area is 222 Å². The molecular formula is C29H33NO8. The molecule has 0 saturated carbocycles. The van der Waals surface area contributed by atoms with Gasteiger partial charge in [0.1, 0.15) is 17.4 Å². The van der Waals surface area contributed by atoms with Crippen LogP contribution in [0.3, 0.4) is 0 Å². The maximum Gasteiger partial charge on any atom is 0.408 e. The molecule has 0 aliphatic carbocycles. The lowest BCUT2D eigenvalue weighted by Gasteiger charge is -2.23. The summed E-state index contributed by atoms with van der Waals surface area (Å²) in [5, 5.41) is 2.54. The van der Waals surface area contributed by atoms with Crippen LogP contribution in [-0.4, -0.2) is 42.4 Å². The molecule has 0 aromatic heterocycles. The van der Waals surface area contributed by atoms with E-state index < -0.39 is 42.4 Å². The molecule has 0 aliphatic rings. The number of para-hydroxylation sites is 1. The second-order valence-electron chi connectivity index (χ2n) is 9.72. The van der Waals surface area contributed by atoms with Gasteiger partial charge in [-0.15, -0.1) is 0 Å². The molecule has 1 amide bonds. The fourth-order valence-corrected chi connectivity index (χ4v) is 3.13. The highest BCUT2D eigenvalue weighted by molar-refractivity contribution is 5.97. The Balaban J connectivity index is 1.94. The van der Waals surface area contributed by atoms with Crippen LogP contribution in [0.4, 0.5) is 4.79 Å². The molecule has 0 heterocycles. The van der Waals surface area contributed by atoms with Crippen LogP contribution < -0.4 is 10.1 Å². The summed E-state index contributed by atoms with van der Waals surface area (Å²) >= 11 is 0. The van der Waals surface area contributed by atoms with Crippen molar-refractivity contribution in [2.75, 3.05) is 6.79 Å². The SMILES string of the molecule is CC(C)C[C@@H](NC(=O)OC(C)(C)C)C(=O)OCOc1ccccc1C#CC(=O)OC(=O)Cc1ccccc1. The predicted octanol–water partition coefficient (Wildman–Crippen LogP) is 4.17. The highest BCUT2D eigenvalue weighted by Gasteiger charge is 2.26. The van der Waals surface area contributed by atoms with Gasteiger partial charge < -0.3 is 24.3 Å². The maximum absolute atomic E-state index is 12.6. The number of nitrogens with one attached hydrogen (secondary N) is 1. The average Bonchev–Trinajstić information content (AvgIpc) is 2.82. The van der Waals surface area contributed by atoms with Gasteiger partial charge in [0, 0.05) is 5.92 Å². The fraction of sp³-hybridized carbons (Fsp3) is 0.379. The second-order valence-corrected chi connectivity index (χ2v) is 9.72. The lowest BCUT2D eigenvalue weighted by molar-refractivity contribution is -0.155. The number of carbonyl (C=O) groups excluding carboxylic acids is 4. The summed E-state index contributed by atoms with van der Waals surface area (Å²) < 4.78 is 20.7. The zero-order chi connectivity index (χ0) is 28.1. The van der Waals surface area contributed by atoms with Gasteiger partial charge in [-0.05, 0) is 50.8 Å². The van der Waals surface area contributed by atoms with E-state index in [0.29, 0.717) is 17.5 Å². The molecule has 2 rings (SSSR count). The standard InChI is InChI=1S/C29H33NO8/c1-20(2)17-23(30-28(34)38-29(3,4)5)27(33)36-19-35-24-14-10-9-13-22(24)15-16-25(31)37-26(32)18-21-11-7-6-8-12-21/h6-14,20,23H,17-19H2,1-5H3,(H,30,34)/t23-/m1/s1. The minimum absolute atomic E-state index is 0.0556. The quantitative estimate of drug-likeness (QED) is 0.171. The fourth-order valence-electron chi connectivity index (χ4n) is 3.13. The van der Waals surface area contributed by atoms with Gasteiger partial charge in [0.25, 0.3) is 0 Å². The second kappa shape index (κ2) is 14.4. The summed E-state index contributed by atoms with van der Waals surface area (Å²) in [5.74, 6) is 2.79. The zero-order valence-corrected chi connectivity index (χ0v) is 22.2. The van der Waals surface area contributed by atoms with Gasteiger partial charge >= 0.3 is 24.0 Å². The molecule has 0 saturated heterocycles. The molecule has 2 aromatic carbocycles. The number of alkyl carbamates (subject to hydrolysis) is 1. The lowest BCUT2D eigenvalue weighted by Crippen LogP contribution is -2.45. The molecule has 1 N–H and O–H groups in total. The number of amides is 1. The third-order valence-corrected chi connectivity index (χ3v) is 4.68. The molecule has 1 atom stereocenters. The maximum atomic E-state index is 12.6. The van der Waals surface area contributed by atoms with E-state index in [4.69, 9.17) is 18.9 Å². The molecule has 0 unspecified atom stereocenters. The van der Waals surface area contributed by atoms with Crippen molar-refractivity contribution in [1.29, 1.82) is 0 Å². The number of esters is 3. The summed E-state index contributed by atoms with van der Waals surface area (Å²) in [6, 6.07) is 14.5. The first-order chi connectivity index (χ1) is 17.9. The van der Waals surface area contributed by atoms with Crippen LogP contribution in [0, 0.1) is 17.8 Å². The molecule has 2 aromatic rings. The predicted molar refractivity (Wildman–Crippen MR) is 139 cm³/mol. The Morgan fingerprint density at radius 2 is 1.61 bits per heavy atom. The topological polar surface area (TPSA) is 117 Å². The van der Waals surface area contributed by atoms with Gasteiger partial charge in [-0.2, -0.15) is 0 Å². The number of hydrogen-bond acceptors (Lipinski definition) is 8. The molecule has 0 fully saturated rings. The van der Waals surface area contributed by atoms with Crippen molar-refractivity contribution in [3.8, 4) is 17.6 Å². The Bertz CT molecular complexity index is 1170. The van der Waals surface area contributed by atoms with Crippen molar-refractivity contribution in [3.63, 3.8) is 0 Å². The van der Waals surface area contributed by atoms with Crippen LogP contribution in [0.15, 0.2) is 54.6 Å². The number of ether oxygens (including phenoxy) is 4. The van der Waals surface area contributed by atoms with E-state index in [1.807, 2.05) is 19.9 Å². The first kappa shape index (κ1) is 29.9. The van der Waals surface area contributed by atoms with E-state index in [-0.39, 0.29) is 18.1 Å². The average molecular weight is 524 g/mol. The van der Waals surface area contributed by atoms with E-state index in [2.05, 4.69) is 17.2 Å². The van der Waals surface area contributed by atoms with E-state index >= 15 is 0 Å². The van der Waals surface area contributed by atoms with E-state index in [1.165, 1.54) is 0 Å². The first-order valence-corrected chi connectivity index (χ1v) is 12.1. The number of hydrogen-bond donors (Lipinski definition) is 1. The highest BCUT2D eigenvalue weighted by atomic mass is 16.7. The number of benzene rings is 2. The molecule has 0 radical (unpaired) electrons. The number of carbonyl (C=O) groups is 4.